The Bertz CT molecular complexity index is 543. The molecule has 1 heterocycles. The van der Waals surface area contributed by atoms with Gasteiger partial charge in [0.25, 0.3) is 0 Å². The SMILES string of the molecule is CSCCC(NC(=O)C1CCCN1)C(=O)NC(C)C(=O)NC(CS)C(=O)O. The lowest BCUT2D eigenvalue weighted by Crippen LogP contribution is -2.56. The van der Waals surface area contributed by atoms with Crippen molar-refractivity contribution in [2.45, 2.75) is 50.4 Å². The second kappa shape index (κ2) is 12.1. The zero-order chi connectivity index (χ0) is 20.4. The average molecular weight is 421 g/mol. The Balaban J connectivity index is 2.64. The number of carboxylic acids is 1. The smallest absolute Gasteiger partial charge is 0.327 e. The van der Waals surface area contributed by atoms with E-state index in [4.69, 9.17) is 5.11 Å². The minimum Gasteiger partial charge on any atom is -0.480 e. The van der Waals surface area contributed by atoms with Crippen LogP contribution in [0, 0.1) is 0 Å². The number of aliphatic carboxylic acids is 1. The Morgan fingerprint density at radius 1 is 1.19 bits per heavy atom. The van der Waals surface area contributed by atoms with Crippen LogP contribution in [0.3, 0.4) is 0 Å². The summed E-state index contributed by atoms with van der Waals surface area (Å²) in [4.78, 5) is 47.9. The van der Waals surface area contributed by atoms with Crippen LogP contribution >= 0.6 is 24.4 Å². The van der Waals surface area contributed by atoms with Crippen molar-refractivity contribution in [3.8, 4) is 0 Å². The maximum Gasteiger partial charge on any atom is 0.327 e. The van der Waals surface area contributed by atoms with E-state index in [1.165, 1.54) is 6.92 Å². The molecular weight excluding hydrogens is 392 g/mol. The molecule has 154 valence electrons. The predicted molar refractivity (Wildman–Crippen MR) is 107 cm³/mol. The molecule has 27 heavy (non-hydrogen) atoms. The second-order valence-electron chi connectivity index (χ2n) is 6.30. The molecule has 1 fully saturated rings. The second-order valence-corrected chi connectivity index (χ2v) is 7.65. The van der Waals surface area contributed by atoms with E-state index in [-0.39, 0.29) is 17.7 Å². The molecule has 1 saturated heterocycles. The van der Waals surface area contributed by atoms with Gasteiger partial charge in [0.15, 0.2) is 0 Å². The van der Waals surface area contributed by atoms with Crippen molar-refractivity contribution in [1.82, 2.24) is 21.3 Å². The normalized spacial score (nSPS) is 19.6. The summed E-state index contributed by atoms with van der Waals surface area (Å²) in [7, 11) is 0. The highest BCUT2D eigenvalue weighted by Gasteiger charge is 2.29. The van der Waals surface area contributed by atoms with Crippen LogP contribution in [0.1, 0.15) is 26.2 Å². The van der Waals surface area contributed by atoms with Crippen LogP contribution in [-0.2, 0) is 19.2 Å². The molecule has 4 unspecified atom stereocenters. The maximum absolute atomic E-state index is 12.5. The Morgan fingerprint density at radius 3 is 2.41 bits per heavy atom. The van der Waals surface area contributed by atoms with E-state index in [0.29, 0.717) is 12.2 Å². The summed E-state index contributed by atoms with van der Waals surface area (Å²) >= 11 is 5.43. The molecule has 0 saturated carbocycles. The number of thioether (sulfide) groups is 1. The van der Waals surface area contributed by atoms with Gasteiger partial charge in [0.05, 0.1) is 6.04 Å². The number of thiol groups is 1. The predicted octanol–water partition coefficient (Wildman–Crippen LogP) is -1.02. The van der Waals surface area contributed by atoms with Gasteiger partial charge in [-0.3, -0.25) is 14.4 Å². The van der Waals surface area contributed by atoms with E-state index in [9.17, 15) is 19.2 Å². The van der Waals surface area contributed by atoms with Gasteiger partial charge >= 0.3 is 5.97 Å². The fourth-order valence-corrected chi connectivity index (χ4v) is 3.27. The lowest BCUT2D eigenvalue weighted by molar-refractivity contribution is -0.141. The summed E-state index contributed by atoms with van der Waals surface area (Å²) in [5.41, 5.74) is 0. The summed E-state index contributed by atoms with van der Waals surface area (Å²) in [6.45, 7) is 2.23. The third kappa shape index (κ3) is 7.97. The largest absolute Gasteiger partial charge is 0.480 e. The molecule has 0 aromatic heterocycles. The van der Waals surface area contributed by atoms with Crippen molar-refractivity contribution in [3.05, 3.63) is 0 Å². The number of nitrogens with one attached hydrogen (secondary N) is 4. The number of carboxylic acid groups (broad SMARTS) is 1. The summed E-state index contributed by atoms with van der Waals surface area (Å²) < 4.78 is 0. The molecule has 0 aromatic rings. The summed E-state index contributed by atoms with van der Waals surface area (Å²) in [6, 6.07) is -3.15. The maximum atomic E-state index is 12.5. The van der Waals surface area contributed by atoms with Crippen molar-refractivity contribution in [2.75, 3.05) is 24.3 Å². The molecule has 1 aliphatic rings. The first-order valence-corrected chi connectivity index (χ1v) is 10.8. The number of carbonyl (C=O) groups is 4. The third-order valence-electron chi connectivity index (χ3n) is 4.17. The van der Waals surface area contributed by atoms with Crippen molar-refractivity contribution in [2.24, 2.45) is 0 Å². The third-order valence-corrected chi connectivity index (χ3v) is 5.18. The number of rotatable bonds is 11. The fourth-order valence-electron chi connectivity index (χ4n) is 2.55. The fraction of sp³-hybridized carbons (Fsp3) is 0.750. The molecule has 0 bridgehead atoms. The van der Waals surface area contributed by atoms with Crippen LogP contribution < -0.4 is 21.3 Å². The first-order chi connectivity index (χ1) is 12.8. The molecule has 1 aliphatic heterocycles. The Morgan fingerprint density at radius 2 is 1.89 bits per heavy atom. The quantitative estimate of drug-likeness (QED) is 0.235. The van der Waals surface area contributed by atoms with Crippen LogP contribution in [-0.4, -0.2) is 77.3 Å². The van der Waals surface area contributed by atoms with E-state index < -0.39 is 35.9 Å². The lowest BCUT2D eigenvalue weighted by atomic mass is 10.1. The van der Waals surface area contributed by atoms with E-state index in [1.807, 2.05) is 6.26 Å². The molecule has 11 heteroatoms. The molecule has 5 N–H and O–H groups in total. The average Bonchev–Trinajstić information content (AvgIpc) is 3.16. The van der Waals surface area contributed by atoms with Gasteiger partial charge < -0.3 is 26.4 Å². The Labute approximate surface area is 168 Å². The molecule has 3 amide bonds. The van der Waals surface area contributed by atoms with Gasteiger partial charge in [-0.25, -0.2) is 4.79 Å². The molecule has 0 aliphatic carbocycles. The van der Waals surface area contributed by atoms with Crippen LogP contribution in [0.2, 0.25) is 0 Å². The molecular formula is C16H28N4O5S2. The zero-order valence-corrected chi connectivity index (χ0v) is 17.2. The standard InChI is InChI=1S/C16H28N4O5S2/c1-9(13(21)20-12(8-26)16(24)25)18-15(23)11(5-7-27-2)19-14(22)10-4-3-6-17-10/h9-12,17,26H,3-8H2,1-2H3,(H,18,23)(H,19,22)(H,20,21)(H,24,25). The Kier molecular flexibility index (Phi) is 10.6. The van der Waals surface area contributed by atoms with Crippen LogP contribution in [0.5, 0.6) is 0 Å². The summed E-state index contributed by atoms with van der Waals surface area (Å²) in [6.07, 6.45) is 3.96. The van der Waals surface area contributed by atoms with E-state index in [0.717, 1.165) is 19.4 Å². The molecule has 1 rings (SSSR count). The van der Waals surface area contributed by atoms with E-state index in [2.05, 4.69) is 33.9 Å². The molecule has 9 nitrogen and oxygen atoms in total. The van der Waals surface area contributed by atoms with Crippen molar-refractivity contribution < 1.29 is 24.3 Å². The van der Waals surface area contributed by atoms with Crippen LogP contribution in [0.15, 0.2) is 0 Å². The Hall–Kier alpha value is -1.46. The van der Waals surface area contributed by atoms with Crippen molar-refractivity contribution >= 4 is 48.1 Å². The van der Waals surface area contributed by atoms with Gasteiger partial charge in [0.2, 0.25) is 17.7 Å². The lowest BCUT2D eigenvalue weighted by Gasteiger charge is -2.23. The molecule has 0 aromatic carbocycles. The van der Waals surface area contributed by atoms with E-state index in [1.54, 1.807) is 11.8 Å². The van der Waals surface area contributed by atoms with Gasteiger partial charge in [-0.2, -0.15) is 24.4 Å². The van der Waals surface area contributed by atoms with Gasteiger partial charge in [-0.15, -0.1) is 0 Å². The van der Waals surface area contributed by atoms with Gasteiger partial charge in [-0.1, -0.05) is 0 Å². The molecule has 4 atom stereocenters. The van der Waals surface area contributed by atoms with Crippen LogP contribution in [0.25, 0.3) is 0 Å². The first kappa shape index (κ1) is 23.6. The minimum absolute atomic E-state index is 0.0669. The van der Waals surface area contributed by atoms with E-state index >= 15 is 0 Å². The first-order valence-electron chi connectivity index (χ1n) is 8.77. The highest BCUT2D eigenvalue weighted by Crippen LogP contribution is 2.07. The van der Waals surface area contributed by atoms with Crippen molar-refractivity contribution in [3.63, 3.8) is 0 Å². The molecule has 0 radical (unpaired) electrons. The van der Waals surface area contributed by atoms with Gasteiger partial charge in [0, 0.05) is 5.75 Å². The van der Waals surface area contributed by atoms with Gasteiger partial charge in [-0.05, 0) is 44.7 Å². The minimum atomic E-state index is -1.20. The van der Waals surface area contributed by atoms with Crippen molar-refractivity contribution in [1.29, 1.82) is 0 Å². The number of hydrogen-bond acceptors (Lipinski definition) is 7. The number of hydrogen-bond donors (Lipinski definition) is 6. The topological polar surface area (TPSA) is 137 Å². The van der Waals surface area contributed by atoms with Crippen LogP contribution in [0.4, 0.5) is 0 Å². The highest BCUT2D eigenvalue weighted by atomic mass is 32.2. The number of amides is 3. The highest BCUT2D eigenvalue weighted by molar-refractivity contribution is 7.98. The van der Waals surface area contributed by atoms with Gasteiger partial charge in [0.1, 0.15) is 18.1 Å². The summed E-state index contributed by atoms with van der Waals surface area (Å²) in [5.74, 6) is -1.94. The summed E-state index contributed by atoms with van der Waals surface area (Å²) in [5, 5.41) is 19.6. The number of carbonyl (C=O) groups excluding carboxylic acids is 3. The monoisotopic (exact) mass is 420 g/mol. The zero-order valence-electron chi connectivity index (χ0n) is 15.5. The molecule has 0 spiro atoms.